The number of rotatable bonds is 1. The highest BCUT2D eigenvalue weighted by molar-refractivity contribution is 5.67. The minimum atomic E-state index is 0.125. The summed E-state index contributed by atoms with van der Waals surface area (Å²) in [4.78, 5) is 0. The first-order valence-corrected chi connectivity index (χ1v) is 5.47. The molecule has 0 unspecified atom stereocenters. The van der Waals surface area contributed by atoms with Crippen LogP contribution in [0.25, 0.3) is 11.5 Å². The molecule has 94 valence electrons. The highest BCUT2D eigenvalue weighted by Gasteiger charge is 2.06. The van der Waals surface area contributed by atoms with Gasteiger partial charge >= 0.3 is 0 Å². The molecule has 5 nitrogen and oxygen atoms in total. The zero-order chi connectivity index (χ0) is 13.3. The van der Waals surface area contributed by atoms with Crippen molar-refractivity contribution in [2.45, 2.75) is 0 Å². The van der Waals surface area contributed by atoms with Gasteiger partial charge in [0.1, 0.15) is 11.6 Å². The van der Waals surface area contributed by atoms with E-state index in [1.165, 1.54) is 0 Å². The Hall–Kier alpha value is -2.56. The van der Waals surface area contributed by atoms with Crippen LogP contribution in [0.3, 0.4) is 0 Å². The molecule has 1 aromatic heterocycles. The second-order valence-corrected chi connectivity index (χ2v) is 4.08. The van der Waals surface area contributed by atoms with Gasteiger partial charge in [-0.05, 0) is 18.2 Å². The number of benzene rings is 1. The average Bonchev–Trinajstić information content (AvgIpc) is 2.71. The summed E-state index contributed by atoms with van der Waals surface area (Å²) in [5.74, 6) is 0.316. The third-order valence-electron chi connectivity index (χ3n) is 2.83. The van der Waals surface area contributed by atoms with Crippen LogP contribution in [0.15, 0.2) is 36.5 Å². The number of phenols is 1. The van der Waals surface area contributed by atoms with Gasteiger partial charge in [0.05, 0.1) is 11.0 Å². The van der Waals surface area contributed by atoms with Gasteiger partial charge in [0.15, 0.2) is 0 Å². The van der Waals surface area contributed by atoms with Gasteiger partial charge in [-0.3, -0.25) is 0 Å². The average molecular weight is 244 g/mol. The van der Waals surface area contributed by atoms with Crippen molar-refractivity contribution in [3.8, 4) is 5.75 Å². The summed E-state index contributed by atoms with van der Waals surface area (Å²) in [5, 5.41) is 11.2. The van der Waals surface area contributed by atoms with Crippen LogP contribution in [0.4, 0.5) is 0 Å². The van der Waals surface area contributed by atoms with E-state index in [-0.39, 0.29) is 11.6 Å². The lowest BCUT2D eigenvalue weighted by molar-refractivity contribution is 0.473. The molecule has 0 aliphatic heterocycles. The summed E-state index contributed by atoms with van der Waals surface area (Å²) < 4.78 is 1.79. The zero-order valence-electron chi connectivity index (χ0n) is 10.1. The van der Waals surface area contributed by atoms with E-state index in [1.54, 1.807) is 28.8 Å². The lowest BCUT2D eigenvalue weighted by Gasteiger charge is -2.04. The topological polar surface area (TPSA) is 103 Å². The first-order valence-electron chi connectivity index (χ1n) is 5.47. The maximum atomic E-state index is 9.80. The fourth-order valence-electron chi connectivity index (χ4n) is 1.95. The quantitative estimate of drug-likeness (QED) is 0.507. The first kappa shape index (κ1) is 11.9. The molecule has 7 N–H and O–H groups in total. The molecule has 0 saturated heterocycles. The molecule has 1 heterocycles. The van der Waals surface area contributed by atoms with Crippen molar-refractivity contribution < 1.29 is 5.11 Å². The predicted octanol–water partition coefficient (Wildman–Crippen LogP) is -1.17. The minimum Gasteiger partial charge on any atom is -0.507 e. The molecular formula is C13H16N4O. The summed E-state index contributed by atoms with van der Waals surface area (Å²) >= 11 is 0. The fraction of sp³-hybridized carbons (Fsp3) is 0.0769. The van der Waals surface area contributed by atoms with Crippen molar-refractivity contribution in [1.82, 2.24) is 4.57 Å². The highest BCUT2D eigenvalue weighted by Crippen LogP contribution is 2.18. The van der Waals surface area contributed by atoms with Gasteiger partial charge in [-0.25, -0.2) is 0 Å². The van der Waals surface area contributed by atoms with E-state index in [9.17, 15) is 5.11 Å². The number of aromatic nitrogens is 1. The van der Waals surface area contributed by atoms with Gasteiger partial charge in [-0.2, -0.15) is 0 Å². The minimum absolute atomic E-state index is 0.125. The van der Waals surface area contributed by atoms with E-state index < -0.39 is 0 Å². The summed E-state index contributed by atoms with van der Waals surface area (Å²) in [7, 11) is 1.83. The number of nitrogens with two attached hydrogens (primary N) is 3. The van der Waals surface area contributed by atoms with Crippen LogP contribution in [-0.2, 0) is 7.05 Å². The molecular weight excluding hydrogens is 228 g/mol. The standard InChI is InChI=1S/C13H16N4O/c1-17-7-6-9(12(17)13(15)16)11(14)8-4-2-3-5-10(8)18/h2-7,18H,14-16H2,1H3/b11-9-. The third-order valence-corrected chi connectivity index (χ3v) is 2.83. The molecule has 0 aliphatic rings. The van der Waals surface area contributed by atoms with Gasteiger partial charge in [0, 0.05) is 24.0 Å². The van der Waals surface area contributed by atoms with Crippen LogP contribution < -0.4 is 27.8 Å². The Morgan fingerprint density at radius 2 is 1.78 bits per heavy atom. The normalized spacial score (nSPS) is 12.3. The van der Waals surface area contributed by atoms with Crippen molar-refractivity contribution in [3.63, 3.8) is 0 Å². The molecule has 0 bridgehead atoms. The molecule has 0 fully saturated rings. The summed E-state index contributed by atoms with van der Waals surface area (Å²) in [6, 6.07) is 8.69. The SMILES string of the molecule is Cn1cc/c(=C(/N)c2ccccc2O)c1=C(N)N. The lowest BCUT2D eigenvalue weighted by Crippen LogP contribution is -2.38. The largest absolute Gasteiger partial charge is 0.507 e. The van der Waals surface area contributed by atoms with Crippen LogP contribution in [-0.4, -0.2) is 9.67 Å². The number of aromatic hydroxyl groups is 1. The van der Waals surface area contributed by atoms with E-state index in [0.29, 0.717) is 21.8 Å². The van der Waals surface area contributed by atoms with Crippen molar-refractivity contribution in [3.05, 3.63) is 52.7 Å². The molecule has 0 amide bonds. The Kier molecular flexibility index (Phi) is 2.89. The molecule has 0 saturated carbocycles. The first-order chi connectivity index (χ1) is 8.52. The molecule has 0 radical (unpaired) electrons. The highest BCUT2D eigenvalue weighted by atomic mass is 16.3. The van der Waals surface area contributed by atoms with Gasteiger partial charge in [-0.1, -0.05) is 12.1 Å². The Morgan fingerprint density at radius 3 is 2.39 bits per heavy atom. The van der Waals surface area contributed by atoms with Gasteiger partial charge in [0.2, 0.25) is 0 Å². The number of hydrogen-bond donors (Lipinski definition) is 4. The van der Waals surface area contributed by atoms with E-state index in [2.05, 4.69) is 0 Å². The van der Waals surface area contributed by atoms with Crippen molar-refractivity contribution in [2.24, 2.45) is 24.2 Å². The van der Waals surface area contributed by atoms with Crippen LogP contribution in [0.1, 0.15) is 5.56 Å². The van der Waals surface area contributed by atoms with Crippen LogP contribution in [0.2, 0.25) is 0 Å². The molecule has 0 spiro atoms. The molecule has 2 rings (SSSR count). The Morgan fingerprint density at radius 1 is 1.11 bits per heavy atom. The number of hydrogen-bond acceptors (Lipinski definition) is 4. The fourth-order valence-corrected chi connectivity index (χ4v) is 1.95. The number of phenolic OH excluding ortho intramolecular Hbond substituents is 1. The van der Waals surface area contributed by atoms with E-state index >= 15 is 0 Å². The van der Waals surface area contributed by atoms with Crippen LogP contribution >= 0.6 is 0 Å². The molecule has 1 aromatic carbocycles. The van der Waals surface area contributed by atoms with E-state index in [1.807, 2.05) is 19.3 Å². The third kappa shape index (κ3) is 1.86. The molecule has 5 heteroatoms. The van der Waals surface area contributed by atoms with Crippen molar-refractivity contribution >= 4 is 11.5 Å². The molecule has 2 aromatic rings. The van der Waals surface area contributed by atoms with E-state index in [0.717, 1.165) is 0 Å². The summed E-state index contributed by atoms with van der Waals surface area (Å²) in [6.07, 6.45) is 1.82. The number of nitrogens with zero attached hydrogens (tertiary/aromatic N) is 1. The van der Waals surface area contributed by atoms with E-state index in [4.69, 9.17) is 17.2 Å². The van der Waals surface area contributed by atoms with Crippen LogP contribution in [0.5, 0.6) is 5.75 Å². The Bertz CT molecular complexity index is 696. The van der Waals surface area contributed by atoms with Gasteiger partial charge < -0.3 is 26.9 Å². The smallest absolute Gasteiger partial charge is 0.124 e. The molecule has 0 aliphatic carbocycles. The van der Waals surface area contributed by atoms with Crippen molar-refractivity contribution in [1.29, 1.82) is 0 Å². The molecule has 18 heavy (non-hydrogen) atoms. The maximum Gasteiger partial charge on any atom is 0.124 e. The Balaban J connectivity index is 2.87. The van der Waals surface area contributed by atoms with Crippen molar-refractivity contribution in [2.75, 3.05) is 0 Å². The van der Waals surface area contributed by atoms with Gasteiger partial charge in [0.25, 0.3) is 0 Å². The molecule has 0 atom stereocenters. The number of para-hydroxylation sites is 1. The second-order valence-electron chi connectivity index (χ2n) is 4.08. The summed E-state index contributed by atoms with van der Waals surface area (Å²) in [6.45, 7) is 0. The Labute approximate surface area is 104 Å². The van der Waals surface area contributed by atoms with Crippen LogP contribution in [0, 0.1) is 0 Å². The second kappa shape index (κ2) is 4.37. The monoisotopic (exact) mass is 244 g/mol. The predicted molar refractivity (Wildman–Crippen MR) is 71.2 cm³/mol. The number of aryl methyl sites for hydroxylation is 1. The lowest BCUT2D eigenvalue weighted by atomic mass is 10.1. The maximum absolute atomic E-state index is 9.80. The summed E-state index contributed by atoms with van der Waals surface area (Å²) in [5.41, 5.74) is 18.4. The zero-order valence-corrected chi connectivity index (χ0v) is 10.1. The van der Waals surface area contributed by atoms with Gasteiger partial charge in [-0.15, -0.1) is 0 Å².